The predicted molar refractivity (Wildman–Crippen MR) is 68.4 cm³/mol. The lowest BCUT2D eigenvalue weighted by atomic mass is 9.88. The molecule has 0 amide bonds. The number of hydrogen-bond acceptors (Lipinski definition) is 2. The summed E-state index contributed by atoms with van der Waals surface area (Å²) in [4.78, 5) is 0. The Hall–Kier alpha value is -0.860. The van der Waals surface area contributed by atoms with Gasteiger partial charge in [-0.25, -0.2) is 0 Å². The number of aliphatic hydroxyl groups is 1. The molecule has 0 atom stereocenters. The molecule has 2 nitrogen and oxygen atoms in total. The molecule has 0 aromatic heterocycles. The third-order valence-electron chi connectivity index (χ3n) is 2.39. The standard InChI is InChI=1S/C14H23NO/c1-13(2,15)9-11-7-5-6-8-12(11)10-14(3,4)16/h5-8,16H,9-10,15H2,1-4H3. The van der Waals surface area contributed by atoms with E-state index in [1.807, 2.05) is 39.8 Å². The highest BCUT2D eigenvalue weighted by atomic mass is 16.3. The van der Waals surface area contributed by atoms with Gasteiger partial charge in [-0.1, -0.05) is 24.3 Å². The van der Waals surface area contributed by atoms with Gasteiger partial charge in [-0.15, -0.1) is 0 Å². The van der Waals surface area contributed by atoms with Crippen molar-refractivity contribution in [2.24, 2.45) is 5.73 Å². The van der Waals surface area contributed by atoms with E-state index in [0.29, 0.717) is 6.42 Å². The second-order valence-electron chi connectivity index (χ2n) is 5.92. The van der Waals surface area contributed by atoms with E-state index in [1.54, 1.807) is 0 Å². The van der Waals surface area contributed by atoms with E-state index in [9.17, 15) is 5.11 Å². The molecule has 0 aliphatic heterocycles. The van der Waals surface area contributed by atoms with Crippen LogP contribution in [0.2, 0.25) is 0 Å². The molecule has 0 bridgehead atoms. The molecule has 1 aromatic rings. The van der Waals surface area contributed by atoms with Crippen LogP contribution in [0.5, 0.6) is 0 Å². The summed E-state index contributed by atoms with van der Waals surface area (Å²) in [5.41, 5.74) is 7.58. The van der Waals surface area contributed by atoms with Gasteiger partial charge < -0.3 is 10.8 Å². The van der Waals surface area contributed by atoms with Crippen LogP contribution in [-0.4, -0.2) is 16.2 Å². The lowest BCUT2D eigenvalue weighted by molar-refractivity contribution is 0.0807. The molecule has 16 heavy (non-hydrogen) atoms. The van der Waals surface area contributed by atoms with Gasteiger partial charge in [-0.2, -0.15) is 0 Å². The Kier molecular flexibility index (Phi) is 3.76. The van der Waals surface area contributed by atoms with Crippen molar-refractivity contribution < 1.29 is 5.11 Å². The average Bonchev–Trinajstić information content (AvgIpc) is 2.03. The maximum atomic E-state index is 9.86. The molecular weight excluding hydrogens is 198 g/mol. The Balaban J connectivity index is 2.92. The third kappa shape index (κ3) is 4.77. The first-order valence-corrected chi connectivity index (χ1v) is 5.75. The lowest BCUT2D eigenvalue weighted by Gasteiger charge is -2.23. The van der Waals surface area contributed by atoms with Gasteiger partial charge in [-0.05, 0) is 45.2 Å². The Bertz CT molecular complexity index is 309. The van der Waals surface area contributed by atoms with Crippen LogP contribution in [-0.2, 0) is 12.8 Å². The molecule has 1 rings (SSSR count). The molecule has 1 aromatic carbocycles. The van der Waals surface area contributed by atoms with E-state index in [-0.39, 0.29) is 5.54 Å². The first-order chi connectivity index (χ1) is 7.17. The molecule has 90 valence electrons. The van der Waals surface area contributed by atoms with Crippen molar-refractivity contribution in [3.05, 3.63) is 35.4 Å². The topological polar surface area (TPSA) is 46.2 Å². The first-order valence-electron chi connectivity index (χ1n) is 5.75. The normalized spacial score (nSPS) is 12.9. The van der Waals surface area contributed by atoms with Crippen molar-refractivity contribution in [3.63, 3.8) is 0 Å². The Morgan fingerprint density at radius 1 is 1.00 bits per heavy atom. The first kappa shape index (κ1) is 13.2. The van der Waals surface area contributed by atoms with Crippen molar-refractivity contribution in [1.29, 1.82) is 0 Å². The summed E-state index contributed by atoms with van der Waals surface area (Å²) in [6.45, 7) is 7.70. The molecule has 3 N–H and O–H groups in total. The van der Waals surface area contributed by atoms with Crippen LogP contribution in [0.25, 0.3) is 0 Å². The summed E-state index contributed by atoms with van der Waals surface area (Å²) in [5.74, 6) is 0. The van der Waals surface area contributed by atoms with Crippen LogP contribution in [0.4, 0.5) is 0 Å². The highest BCUT2D eigenvalue weighted by Crippen LogP contribution is 2.19. The van der Waals surface area contributed by atoms with Crippen molar-refractivity contribution in [2.45, 2.75) is 51.7 Å². The monoisotopic (exact) mass is 221 g/mol. The molecule has 2 heteroatoms. The fraction of sp³-hybridized carbons (Fsp3) is 0.571. The zero-order valence-corrected chi connectivity index (χ0v) is 10.7. The van der Waals surface area contributed by atoms with Gasteiger partial charge >= 0.3 is 0 Å². The zero-order chi connectivity index (χ0) is 12.4. The number of hydrogen-bond donors (Lipinski definition) is 2. The van der Waals surface area contributed by atoms with E-state index < -0.39 is 5.60 Å². The summed E-state index contributed by atoms with van der Waals surface area (Å²) < 4.78 is 0. The summed E-state index contributed by atoms with van der Waals surface area (Å²) in [6, 6.07) is 8.19. The SMILES string of the molecule is CC(C)(N)Cc1ccccc1CC(C)(C)O. The van der Waals surface area contributed by atoms with Crippen LogP contribution in [0.15, 0.2) is 24.3 Å². The summed E-state index contributed by atoms with van der Waals surface area (Å²) >= 11 is 0. The fourth-order valence-electron chi connectivity index (χ4n) is 1.86. The molecular formula is C14H23NO. The van der Waals surface area contributed by atoms with E-state index in [2.05, 4.69) is 12.1 Å². The molecule has 0 heterocycles. The maximum absolute atomic E-state index is 9.86. The smallest absolute Gasteiger partial charge is 0.0632 e. The second-order valence-corrected chi connectivity index (χ2v) is 5.92. The minimum absolute atomic E-state index is 0.213. The maximum Gasteiger partial charge on any atom is 0.0632 e. The average molecular weight is 221 g/mol. The minimum atomic E-state index is -0.672. The van der Waals surface area contributed by atoms with Crippen LogP contribution < -0.4 is 5.73 Å². The van der Waals surface area contributed by atoms with Crippen molar-refractivity contribution >= 4 is 0 Å². The molecule has 0 aliphatic rings. The molecule has 0 saturated heterocycles. The molecule has 0 fully saturated rings. The number of rotatable bonds is 4. The third-order valence-corrected chi connectivity index (χ3v) is 2.39. The van der Waals surface area contributed by atoms with Gasteiger partial charge in [-0.3, -0.25) is 0 Å². The van der Waals surface area contributed by atoms with E-state index in [0.717, 1.165) is 6.42 Å². The van der Waals surface area contributed by atoms with Crippen molar-refractivity contribution in [2.75, 3.05) is 0 Å². The van der Waals surface area contributed by atoms with E-state index >= 15 is 0 Å². The zero-order valence-electron chi connectivity index (χ0n) is 10.7. The summed E-state index contributed by atoms with van der Waals surface area (Å²) in [5, 5.41) is 9.86. The predicted octanol–water partition coefficient (Wildman–Crippen LogP) is 2.28. The number of benzene rings is 1. The van der Waals surface area contributed by atoms with Crippen LogP contribution >= 0.6 is 0 Å². The number of nitrogens with two attached hydrogens (primary N) is 1. The minimum Gasteiger partial charge on any atom is -0.390 e. The summed E-state index contributed by atoms with van der Waals surface area (Å²) in [6.07, 6.45) is 1.50. The quantitative estimate of drug-likeness (QED) is 0.819. The highest BCUT2D eigenvalue weighted by Gasteiger charge is 2.18. The van der Waals surface area contributed by atoms with E-state index in [1.165, 1.54) is 11.1 Å². The van der Waals surface area contributed by atoms with Gasteiger partial charge in [0.2, 0.25) is 0 Å². The molecule has 0 aliphatic carbocycles. The Morgan fingerprint density at radius 2 is 1.44 bits per heavy atom. The Labute approximate surface area is 98.5 Å². The molecule has 0 spiro atoms. The molecule has 0 radical (unpaired) electrons. The molecule has 0 unspecified atom stereocenters. The largest absolute Gasteiger partial charge is 0.390 e. The lowest BCUT2D eigenvalue weighted by Crippen LogP contribution is -2.35. The van der Waals surface area contributed by atoms with Crippen molar-refractivity contribution in [3.8, 4) is 0 Å². The fourth-order valence-corrected chi connectivity index (χ4v) is 1.86. The van der Waals surface area contributed by atoms with Gasteiger partial charge in [0.25, 0.3) is 0 Å². The van der Waals surface area contributed by atoms with Gasteiger partial charge in [0.1, 0.15) is 0 Å². The van der Waals surface area contributed by atoms with E-state index in [4.69, 9.17) is 5.73 Å². The summed E-state index contributed by atoms with van der Waals surface area (Å²) in [7, 11) is 0. The highest BCUT2D eigenvalue weighted by molar-refractivity contribution is 5.29. The van der Waals surface area contributed by atoms with Gasteiger partial charge in [0, 0.05) is 12.0 Å². The van der Waals surface area contributed by atoms with Crippen LogP contribution in [0.1, 0.15) is 38.8 Å². The van der Waals surface area contributed by atoms with Crippen molar-refractivity contribution in [1.82, 2.24) is 0 Å². The van der Waals surface area contributed by atoms with Gasteiger partial charge in [0.05, 0.1) is 5.60 Å². The Morgan fingerprint density at radius 3 is 1.81 bits per heavy atom. The van der Waals surface area contributed by atoms with Crippen LogP contribution in [0, 0.1) is 0 Å². The van der Waals surface area contributed by atoms with Crippen LogP contribution in [0.3, 0.4) is 0 Å². The van der Waals surface area contributed by atoms with Gasteiger partial charge in [0.15, 0.2) is 0 Å². The second kappa shape index (κ2) is 4.56. The molecule has 0 saturated carbocycles.